The standard InChI is InChI=1S/C8H4O4/c9-7-5(1-3-11-7)6-2-4-12-8(6)10/h1-4H. The summed E-state index contributed by atoms with van der Waals surface area (Å²) in [7, 11) is 0. The quantitative estimate of drug-likeness (QED) is 0.384. The van der Waals surface area contributed by atoms with E-state index in [1.54, 1.807) is 0 Å². The monoisotopic (exact) mass is 164 g/mol. The maximum atomic E-state index is 10.9. The molecule has 4 nitrogen and oxygen atoms in total. The summed E-state index contributed by atoms with van der Waals surface area (Å²) in [5.41, 5.74) is 0.488. The molecule has 0 fully saturated rings. The van der Waals surface area contributed by atoms with Crippen LogP contribution in [0, 0.1) is 0 Å². The minimum absolute atomic E-state index is 0.244. The number of esters is 2. The highest BCUT2D eigenvalue weighted by atomic mass is 16.5. The first-order chi connectivity index (χ1) is 5.79. The third-order valence-corrected chi connectivity index (χ3v) is 1.55. The van der Waals surface area contributed by atoms with Crippen LogP contribution in [0.3, 0.4) is 0 Å². The Balaban J connectivity index is 2.48. The molecule has 0 aromatic heterocycles. The lowest BCUT2D eigenvalue weighted by Gasteiger charge is -1.93. The predicted molar refractivity (Wildman–Crippen MR) is 37.5 cm³/mol. The Hall–Kier alpha value is -1.84. The zero-order valence-electron chi connectivity index (χ0n) is 5.94. The lowest BCUT2D eigenvalue weighted by Crippen LogP contribution is -2.04. The van der Waals surface area contributed by atoms with Gasteiger partial charge in [-0.25, -0.2) is 9.59 Å². The van der Waals surface area contributed by atoms with E-state index >= 15 is 0 Å². The van der Waals surface area contributed by atoms with E-state index in [1.165, 1.54) is 24.7 Å². The number of hydrogen-bond donors (Lipinski definition) is 0. The summed E-state index contributed by atoms with van der Waals surface area (Å²) < 4.78 is 9.01. The van der Waals surface area contributed by atoms with Crippen LogP contribution in [0.25, 0.3) is 0 Å². The molecule has 0 saturated heterocycles. The maximum Gasteiger partial charge on any atom is 0.343 e. The van der Waals surface area contributed by atoms with Crippen LogP contribution in [-0.2, 0) is 19.1 Å². The smallest absolute Gasteiger partial charge is 0.343 e. The first-order valence-corrected chi connectivity index (χ1v) is 3.28. The van der Waals surface area contributed by atoms with Crippen LogP contribution in [0.2, 0.25) is 0 Å². The molecule has 2 aliphatic rings. The van der Waals surface area contributed by atoms with E-state index in [0.29, 0.717) is 0 Å². The second-order valence-corrected chi connectivity index (χ2v) is 2.24. The van der Waals surface area contributed by atoms with E-state index in [1.807, 2.05) is 0 Å². The highest BCUT2D eigenvalue weighted by Gasteiger charge is 2.24. The van der Waals surface area contributed by atoms with Crippen LogP contribution in [0.1, 0.15) is 0 Å². The molecule has 0 aromatic rings. The summed E-state index contributed by atoms with van der Waals surface area (Å²) in [5.74, 6) is -1.04. The zero-order valence-corrected chi connectivity index (χ0v) is 5.94. The number of ether oxygens (including phenoxy) is 2. The van der Waals surface area contributed by atoms with E-state index in [2.05, 4.69) is 9.47 Å². The van der Waals surface area contributed by atoms with Crippen LogP contribution in [0.4, 0.5) is 0 Å². The molecule has 2 heterocycles. The third kappa shape index (κ3) is 0.852. The predicted octanol–water partition coefficient (Wildman–Crippen LogP) is 0.424. The fraction of sp³-hybridized carbons (Fsp3) is 0. The molecular formula is C8H4O4. The zero-order chi connectivity index (χ0) is 8.55. The molecule has 0 saturated carbocycles. The fourth-order valence-corrected chi connectivity index (χ4v) is 0.990. The van der Waals surface area contributed by atoms with Gasteiger partial charge < -0.3 is 9.47 Å². The second kappa shape index (κ2) is 2.34. The van der Waals surface area contributed by atoms with Gasteiger partial charge in [-0.15, -0.1) is 0 Å². The Labute approximate surface area is 67.8 Å². The lowest BCUT2D eigenvalue weighted by molar-refractivity contribution is -0.134. The summed E-state index contributed by atoms with van der Waals surface area (Å²) in [6, 6.07) is 0. The average molecular weight is 164 g/mol. The third-order valence-electron chi connectivity index (χ3n) is 1.55. The number of carbonyl (C=O) groups excluding carboxylic acids is 2. The molecule has 0 radical (unpaired) electrons. The Morgan fingerprint density at radius 3 is 1.50 bits per heavy atom. The molecule has 2 aliphatic heterocycles. The van der Waals surface area contributed by atoms with Crippen molar-refractivity contribution in [2.45, 2.75) is 0 Å². The summed E-state index contributed by atoms with van der Waals surface area (Å²) in [6.07, 6.45) is 5.36. The minimum Gasteiger partial charge on any atom is -0.431 e. The van der Waals surface area contributed by atoms with Gasteiger partial charge in [0.15, 0.2) is 0 Å². The molecule has 12 heavy (non-hydrogen) atoms. The number of rotatable bonds is 0. The Morgan fingerprint density at radius 1 is 0.833 bits per heavy atom. The van der Waals surface area contributed by atoms with E-state index in [0.717, 1.165) is 0 Å². The topological polar surface area (TPSA) is 52.6 Å². The van der Waals surface area contributed by atoms with Crippen LogP contribution < -0.4 is 0 Å². The molecule has 0 atom stereocenters. The van der Waals surface area contributed by atoms with Gasteiger partial charge in [-0.3, -0.25) is 0 Å². The number of hydrogen-bond acceptors (Lipinski definition) is 4. The largest absolute Gasteiger partial charge is 0.431 e. The Kier molecular flexibility index (Phi) is 1.33. The van der Waals surface area contributed by atoms with E-state index < -0.39 is 11.9 Å². The number of cyclic esters (lactones) is 2. The van der Waals surface area contributed by atoms with Crippen molar-refractivity contribution in [1.29, 1.82) is 0 Å². The molecule has 0 bridgehead atoms. The lowest BCUT2D eigenvalue weighted by atomic mass is 10.1. The minimum atomic E-state index is -0.520. The van der Waals surface area contributed by atoms with Crippen molar-refractivity contribution in [2.24, 2.45) is 0 Å². The van der Waals surface area contributed by atoms with Gasteiger partial charge >= 0.3 is 11.9 Å². The summed E-state index contributed by atoms with van der Waals surface area (Å²) in [6.45, 7) is 0. The average Bonchev–Trinajstić information content (AvgIpc) is 2.59. The van der Waals surface area contributed by atoms with Gasteiger partial charge in [0.1, 0.15) is 0 Å². The maximum absolute atomic E-state index is 10.9. The van der Waals surface area contributed by atoms with Gasteiger partial charge in [-0.05, 0) is 12.2 Å². The Bertz CT molecular complexity index is 312. The van der Waals surface area contributed by atoms with Crippen molar-refractivity contribution >= 4 is 11.9 Å². The SMILES string of the molecule is O=C1OC=CC1=C1C=COC1=O. The van der Waals surface area contributed by atoms with Crippen molar-refractivity contribution in [3.05, 3.63) is 35.8 Å². The molecule has 0 aliphatic carbocycles. The van der Waals surface area contributed by atoms with Crippen molar-refractivity contribution in [3.63, 3.8) is 0 Å². The van der Waals surface area contributed by atoms with Crippen molar-refractivity contribution in [2.75, 3.05) is 0 Å². The van der Waals surface area contributed by atoms with Gasteiger partial charge in [-0.2, -0.15) is 0 Å². The van der Waals surface area contributed by atoms with Crippen molar-refractivity contribution < 1.29 is 19.1 Å². The van der Waals surface area contributed by atoms with Crippen LogP contribution >= 0.6 is 0 Å². The molecule has 2 rings (SSSR count). The second-order valence-electron chi connectivity index (χ2n) is 2.24. The van der Waals surface area contributed by atoms with Gasteiger partial charge in [-0.1, -0.05) is 0 Å². The van der Waals surface area contributed by atoms with Gasteiger partial charge in [0.25, 0.3) is 0 Å². The van der Waals surface area contributed by atoms with Gasteiger partial charge in [0.2, 0.25) is 0 Å². The molecule has 0 spiro atoms. The van der Waals surface area contributed by atoms with Gasteiger partial charge in [0, 0.05) is 0 Å². The fourth-order valence-electron chi connectivity index (χ4n) is 0.990. The molecule has 0 amide bonds. The highest BCUT2D eigenvalue weighted by molar-refractivity contribution is 6.06. The summed E-state index contributed by atoms with van der Waals surface area (Å²) >= 11 is 0. The van der Waals surface area contributed by atoms with Crippen molar-refractivity contribution in [1.82, 2.24) is 0 Å². The molecule has 4 heteroatoms. The van der Waals surface area contributed by atoms with E-state index in [-0.39, 0.29) is 11.1 Å². The normalized spacial score (nSPS) is 26.3. The highest BCUT2D eigenvalue weighted by Crippen LogP contribution is 2.20. The van der Waals surface area contributed by atoms with Crippen molar-refractivity contribution in [3.8, 4) is 0 Å². The Morgan fingerprint density at radius 2 is 1.25 bits per heavy atom. The molecule has 60 valence electrons. The van der Waals surface area contributed by atoms with E-state index in [4.69, 9.17) is 0 Å². The van der Waals surface area contributed by atoms with Gasteiger partial charge in [0.05, 0.1) is 23.7 Å². The number of carbonyl (C=O) groups is 2. The molecule has 0 unspecified atom stereocenters. The van der Waals surface area contributed by atoms with Crippen LogP contribution in [0.5, 0.6) is 0 Å². The first-order valence-electron chi connectivity index (χ1n) is 3.28. The van der Waals surface area contributed by atoms with Crippen LogP contribution in [-0.4, -0.2) is 11.9 Å². The van der Waals surface area contributed by atoms with E-state index in [9.17, 15) is 9.59 Å². The van der Waals surface area contributed by atoms with Crippen LogP contribution in [0.15, 0.2) is 35.8 Å². The molecular weight excluding hydrogens is 160 g/mol. The first kappa shape index (κ1) is 6.84. The molecule has 0 aromatic carbocycles. The summed E-state index contributed by atoms with van der Waals surface area (Å²) in [5, 5.41) is 0. The molecule has 0 N–H and O–H groups in total. The summed E-state index contributed by atoms with van der Waals surface area (Å²) in [4.78, 5) is 21.8.